The summed E-state index contributed by atoms with van der Waals surface area (Å²) in [6, 6.07) is 0.663. The zero-order valence-corrected chi connectivity index (χ0v) is 11.2. The van der Waals surface area contributed by atoms with Crippen molar-refractivity contribution in [3.8, 4) is 0 Å². The zero-order chi connectivity index (χ0) is 11.6. The van der Waals surface area contributed by atoms with Crippen molar-refractivity contribution in [2.24, 2.45) is 7.05 Å². The minimum atomic E-state index is 0.0287. The zero-order valence-electron chi connectivity index (χ0n) is 10.4. The molecule has 1 aliphatic heterocycles. The van der Waals surface area contributed by atoms with Crippen LogP contribution in [0.5, 0.6) is 0 Å². The molecule has 0 unspecified atom stereocenters. The molecule has 1 N–H and O–H groups in total. The third-order valence-electron chi connectivity index (χ3n) is 3.21. The number of hydrogen-bond donors (Lipinski definition) is 1. The van der Waals surface area contributed by atoms with Gasteiger partial charge in [0.25, 0.3) is 0 Å². The van der Waals surface area contributed by atoms with E-state index in [1.54, 1.807) is 0 Å². The van der Waals surface area contributed by atoms with Gasteiger partial charge in [0.2, 0.25) is 0 Å². The molecule has 0 bridgehead atoms. The van der Waals surface area contributed by atoms with Crippen LogP contribution in [0.1, 0.15) is 32.3 Å². The number of rotatable bonds is 3. The van der Waals surface area contributed by atoms with Crippen LogP contribution in [0.15, 0.2) is 12.4 Å². The van der Waals surface area contributed by atoms with Gasteiger partial charge in [-0.15, -0.1) is 0 Å². The second-order valence-corrected chi connectivity index (χ2v) is 6.28. The molecule has 90 valence electrons. The highest BCUT2D eigenvalue weighted by Gasteiger charge is 2.26. The molecule has 0 radical (unpaired) electrons. The van der Waals surface area contributed by atoms with Crippen molar-refractivity contribution in [3.05, 3.63) is 18.0 Å². The Morgan fingerprint density at radius 2 is 2.12 bits per heavy atom. The topological polar surface area (TPSA) is 29.9 Å². The molecule has 1 aromatic rings. The maximum Gasteiger partial charge on any atom is 0.0540 e. The molecule has 1 saturated heterocycles. The first-order valence-corrected chi connectivity index (χ1v) is 7.08. The summed E-state index contributed by atoms with van der Waals surface area (Å²) >= 11 is 2.07. The van der Waals surface area contributed by atoms with Gasteiger partial charge < -0.3 is 5.32 Å². The van der Waals surface area contributed by atoms with Crippen molar-refractivity contribution in [2.45, 2.75) is 38.3 Å². The van der Waals surface area contributed by atoms with Gasteiger partial charge in [-0.05, 0) is 38.2 Å². The van der Waals surface area contributed by atoms with Gasteiger partial charge in [-0.25, -0.2) is 0 Å². The Labute approximate surface area is 102 Å². The Morgan fingerprint density at radius 1 is 1.44 bits per heavy atom. The Kier molecular flexibility index (Phi) is 3.60. The number of nitrogens with zero attached hydrogens (tertiary/aromatic N) is 2. The van der Waals surface area contributed by atoms with E-state index in [0.29, 0.717) is 6.04 Å². The molecule has 0 saturated carbocycles. The predicted octanol–water partition coefficient (Wildman–Crippen LogP) is 2.14. The molecule has 1 fully saturated rings. The largest absolute Gasteiger partial charge is 0.305 e. The van der Waals surface area contributed by atoms with Crippen molar-refractivity contribution in [1.82, 2.24) is 15.1 Å². The third-order valence-corrected chi connectivity index (χ3v) is 4.26. The molecule has 3 nitrogen and oxygen atoms in total. The number of thioether (sulfide) groups is 1. The molecule has 1 aromatic heterocycles. The van der Waals surface area contributed by atoms with Crippen LogP contribution in [0.25, 0.3) is 0 Å². The molecule has 2 heterocycles. The average Bonchev–Trinajstić information content (AvgIpc) is 2.66. The van der Waals surface area contributed by atoms with E-state index in [0.717, 1.165) is 0 Å². The van der Waals surface area contributed by atoms with Crippen LogP contribution in [0.2, 0.25) is 0 Å². The SMILES string of the molecule is Cn1cc(C(C)(C)NC2CCSCC2)cn1. The maximum absolute atomic E-state index is 4.25. The van der Waals surface area contributed by atoms with Gasteiger partial charge in [-0.1, -0.05) is 0 Å². The summed E-state index contributed by atoms with van der Waals surface area (Å²) in [4.78, 5) is 0. The highest BCUT2D eigenvalue weighted by Crippen LogP contribution is 2.24. The molecule has 0 aromatic carbocycles. The number of nitrogens with one attached hydrogen (secondary N) is 1. The molecular weight excluding hydrogens is 218 g/mol. The maximum atomic E-state index is 4.25. The van der Waals surface area contributed by atoms with Crippen LogP contribution >= 0.6 is 11.8 Å². The van der Waals surface area contributed by atoms with Crippen molar-refractivity contribution >= 4 is 11.8 Å². The Balaban J connectivity index is 2.01. The first-order valence-electron chi connectivity index (χ1n) is 5.92. The van der Waals surface area contributed by atoms with Crippen molar-refractivity contribution < 1.29 is 0 Å². The van der Waals surface area contributed by atoms with Crippen LogP contribution in [0.3, 0.4) is 0 Å². The van der Waals surface area contributed by atoms with Crippen molar-refractivity contribution in [2.75, 3.05) is 11.5 Å². The van der Waals surface area contributed by atoms with Gasteiger partial charge in [-0.3, -0.25) is 4.68 Å². The summed E-state index contributed by atoms with van der Waals surface area (Å²) in [7, 11) is 1.97. The van der Waals surface area contributed by atoms with Crippen LogP contribution in [0, 0.1) is 0 Å². The third kappa shape index (κ3) is 2.80. The normalized spacial score (nSPS) is 18.9. The summed E-state index contributed by atoms with van der Waals surface area (Å²) in [6.45, 7) is 4.48. The van der Waals surface area contributed by atoms with E-state index in [2.05, 4.69) is 42.2 Å². The Bertz CT molecular complexity index is 340. The van der Waals surface area contributed by atoms with E-state index in [9.17, 15) is 0 Å². The standard InChI is InChI=1S/C12H21N3S/c1-12(2,10-8-13-15(3)9-10)14-11-4-6-16-7-5-11/h8-9,11,14H,4-7H2,1-3H3. The minimum absolute atomic E-state index is 0.0287. The van der Waals surface area contributed by atoms with E-state index < -0.39 is 0 Å². The summed E-state index contributed by atoms with van der Waals surface area (Å²) in [5.41, 5.74) is 1.30. The fraction of sp³-hybridized carbons (Fsp3) is 0.750. The van der Waals surface area contributed by atoms with Gasteiger partial charge >= 0.3 is 0 Å². The molecular formula is C12H21N3S. The van der Waals surface area contributed by atoms with Gasteiger partial charge in [-0.2, -0.15) is 16.9 Å². The molecule has 0 aliphatic carbocycles. The van der Waals surface area contributed by atoms with Crippen molar-refractivity contribution in [1.29, 1.82) is 0 Å². The molecule has 2 rings (SSSR count). The van der Waals surface area contributed by atoms with Crippen LogP contribution in [-0.4, -0.2) is 27.3 Å². The molecule has 4 heteroatoms. The summed E-state index contributed by atoms with van der Waals surface area (Å²) in [5, 5.41) is 8.01. The van der Waals surface area contributed by atoms with E-state index >= 15 is 0 Å². The fourth-order valence-corrected chi connectivity index (χ4v) is 3.29. The highest BCUT2D eigenvalue weighted by molar-refractivity contribution is 7.99. The smallest absolute Gasteiger partial charge is 0.0540 e. The quantitative estimate of drug-likeness (QED) is 0.876. The van der Waals surface area contributed by atoms with E-state index in [1.807, 2.05) is 17.9 Å². The average molecular weight is 239 g/mol. The monoisotopic (exact) mass is 239 g/mol. The molecule has 16 heavy (non-hydrogen) atoms. The highest BCUT2D eigenvalue weighted by atomic mass is 32.2. The van der Waals surface area contributed by atoms with Crippen LogP contribution in [0.4, 0.5) is 0 Å². The lowest BCUT2D eigenvalue weighted by Gasteiger charge is -2.33. The lowest BCUT2D eigenvalue weighted by atomic mass is 9.95. The van der Waals surface area contributed by atoms with E-state index in [4.69, 9.17) is 0 Å². The second kappa shape index (κ2) is 4.80. The minimum Gasteiger partial charge on any atom is -0.305 e. The first kappa shape index (κ1) is 12.0. The van der Waals surface area contributed by atoms with Gasteiger partial charge in [0.15, 0.2) is 0 Å². The second-order valence-electron chi connectivity index (χ2n) is 5.06. The van der Waals surface area contributed by atoms with E-state index in [-0.39, 0.29) is 5.54 Å². The summed E-state index contributed by atoms with van der Waals surface area (Å²) < 4.78 is 1.87. The lowest BCUT2D eigenvalue weighted by molar-refractivity contribution is 0.327. The molecule has 0 atom stereocenters. The number of aromatic nitrogens is 2. The molecule has 1 aliphatic rings. The number of hydrogen-bond acceptors (Lipinski definition) is 3. The lowest BCUT2D eigenvalue weighted by Crippen LogP contribution is -2.45. The van der Waals surface area contributed by atoms with E-state index in [1.165, 1.54) is 29.9 Å². The number of aryl methyl sites for hydroxylation is 1. The Hall–Kier alpha value is -0.480. The Morgan fingerprint density at radius 3 is 2.69 bits per heavy atom. The molecule has 0 amide bonds. The van der Waals surface area contributed by atoms with Crippen molar-refractivity contribution in [3.63, 3.8) is 0 Å². The van der Waals surface area contributed by atoms with Crippen LogP contribution < -0.4 is 5.32 Å². The van der Waals surface area contributed by atoms with Gasteiger partial charge in [0.05, 0.1) is 6.20 Å². The summed E-state index contributed by atoms with van der Waals surface area (Å²) in [5.74, 6) is 2.58. The predicted molar refractivity (Wildman–Crippen MR) is 69.7 cm³/mol. The van der Waals surface area contributed by atoms with Gasteiger partial charge in [0, 0.05) is 30.4 Å². The molecule has 0 spiro atoms. The van der Waals surface area contributed by atoms with Crippen LogP contribution in [-0.2, 0) is 12.6 Å². The fourth-order valence-electron chi connectivity index (χ4n) is 2.18. The summed E-state index contributed by atoms with van der Waals surface area (Å²) in [6.07, 6.45) is 6.64. The van der Waals surface area contributed by atoms with Gasteiger partial charge in [0.1, 0.15) is 0 Å². The first-order chi connectivity index (χ1) is 7.58.